The minimum Gasteiger partial charge on any atom is -0.268 e. The van der Waals surface area contributed by atoms with Gasteiger partial charge in [0.15, 0.2) is 6.17 Å². The van der Waals surface area contributed by atoms with Crippen LogP contribution in [0.3, 0.4) is 0 Å². The normalized spacial score (nSPS) is 23.6. The molecule has 1 unspecified atom stereocenters. The first-order valence-corrected chi connectivity index (χ1v) is 4.61. The van der Waals surface area contributed by atoms with Crippen molar-refractivity contribution >= 4 is 5.91 Å². The fourth-order valence-electron chi connectivity index (χ4n) is 1.13. The van der Waals surface area contributed by atoms with E-state index in [-0.39, 0.29) is 12.1 Å². The van der Waals surface area contributed by atoms with Crippen LogP contribution in [0.15, 0.2) is 22.1 Å². The molecule has 14 heavy (non-hydrogen) atoms. The van der Waals surface area contributed by atoms with Crippen molar-refractivity contribution in [2.75, 3.05) is 7.05 Å². The molecule has 0 aliphatic carbocycles. The zero-order valence-corrected chi connectivity index (χ0v) is 8.85. The van der Waals surface area contributed by atoms with Gasteiger partial charge in [-0.2, -0.15) is 5.12 Å². The van der Waals surface area contributed by atoms with Crippen molar-refractivity contribution in [2.24, 2.45) is 10.4 Å². The maximum atomic E-state index is 11.1. The van der Waals surface area contributed by atoms with Crippen LogP contribution in [0.2, 0.25) is 0 Å². The van der Waals surface area contributed by atoms with Crippen molar-refractivity contribution < 1.29 is 4.79 Å². The standard InChI is InChI=1S/C6H9N5O.C2H6/c1-4-3-5-10(2)8-9-11(5)7-6(4)12;1-2/h3,5H,1-2H3,(H,7,12);1-2H3. The van der Waals surface area contributed by atoms with Crippen LogP contribution in [0, 0.1) is 0 Å². The van der Waals surface area contributed by atoms with Crippen LogP contribution in [0.5, 0.6) is 0 Å². The number of nitrogens with one attached hydrogen (secondary N) is 1. The topological polar surface area (TPSA) is 60.3 Å². The lowest BCUT2D eigenvalue weighted by molar-refractivity contribution is -0.124. The van der Waals surface area contributed by atoms with Gasteiger partial charge in [-0.25, -0.2) is 5.43 Å². The van der Waals surface area contributed by atoms with Gasteiger partial charge in [0.1, 0.15) is 0 Å². The van der Waals surface area contributed by atoms with Gasteiger partial charge >= 0.3 is 0 Å². The average molecular weight is 197 g/mol. The van der Waals surface area contributed by atoms with E-state index in [2.05, 4.69) is 15.9 Å². The second-order valence-electron chi connectivity index (χ2n) is 2.80. The van der Waals surface area contributed by atoms with Crippen LogP contribution in [-0.2, 0) is 4.79 Å². The van der Waals surface area contributed by atoms with E-state index >= 15 is 0 Å². The van der Waals surface area contributed by atoms with E-state index in [0.717, 1.165) is 0 Å². The van der Waals surface area contributed by atoms with E-state index in [1.54, 1.807) is 19.0 Å². The average Bonchev–Trinajstić information content (AvgIpc) is 2.53. The highest BCUT2D eigenvalue weighted by molar-refractivity contribution is 5.93. The SMILES string of the molecule is CC.CC1=CC2N(C)N=NN2NC1=O. The number of rotatable bonds is 0. The van der Waals surface area contributed by atoms with Crippen LogP contribution >= 0.6 is 0 Å². The number of hydrogen-bond acceptors (Lipinski definition) is 5. The molecule has 0 radical (unpaired) electrons. The van der Waals surface area contributed by atoms with Gasteiger partial charge in [0.2, 0.25) is 0 Å². The Labute approximate surface area is 83.2 Å². The molecule has 2 rings (SSSR count). The summed E-state index contributed by atoms with van der Waals surface area (Å²) in [6.07, 6.45) is 1.75. The molecule has 2 heterocycles. The Kier molecular flexibility index (Phi) is 3.06. The number of hydrazine groups is 1. The van der Waals surface area contributed by atoms with E-state index in [4.69, 9.17) is 0 Å². The van der Waals surface area contributed by atoms with Crippen LogP contribution < -0.4 is 5.43 Å². The van der Waals surface area contributed by atoms with Gasteiger partial charge in [-0.05, 0) is 23.4 Å². The third-order valence-corrected chi connectivity index (χ3v) is 1.88. The van der Waals surface area contributed by atoms with Gasteiger partial charge in [-0.15, -0.1) is 0 Å². The molecule has 78 valence electrons. The second kappa shape index (κ2) is 4.08. The molecular weight excluding hydrogens is 182 g/mol. The Morgan fingerprint density at radius 1 is 1.43 bits per heavy atom. The van der Waals surface area contributed by atoms with Crippen molar-refractivity contribution in [1.82, 2.24) is 15.6 Å². The lowest BCUT2D eigenvalue weighted by atomic mass is 10.2. The van der Waals surface area contributed by atoms with Crippen molar-refractivity contribution in [1.29, 1.82) is 0 Å². The summed E-state index contributed by atoms with van der Waals surface area (Å²) in [5, 5.41) is 10.6. The van der Waals surface area contributed by atoms with E-state index in [0.29, 0.717) is 5.57 Å². The van der Waals surface area contributed by atoms with Gasteiger partial charge < -0.3 is 0 Å². The molecule has 0 aromatic rings. The fourth-order valence-corrected chi connectivity index (χ4v) is 1.13. The van der Waals surface area contributed by atoms with Crippen LogP contribution in [0.25, 0.3) is 0 Å². The number of nitrogens with zero attached hydrogens (tertiary/aromatic N) is 4. The van der Waals surface area contributed by atoms with Gasteiger partial charge in [0, 0.05) is 12.6 Å². The first kappa shape index (κ1) is 10.5. The van der Waals surface area contributed by atoms with Gasteiger partial charge in [0.05, 0.1) is 0 Å². The summed E-state index contributed by atoms with van der Waals surface area (Å²) in [6.45, 7) is 5.76. The molecule has 0 aromatic heterocycles. The van der Waals surface area contributed by atoms with Gasteiger partial charge in [-0.1, -0.05) is 13.8 Å². The Hall–Kier alpha value is -1.59. The lowest BCUT2D eigenvalue weighted by Gasteiger charge is -2.27. The maximum absolute atomic E-state index is 11.1. The number of carbonyl (C=O) groups is 1. The summed E-state index contributed by atoms with van der Waals surface area (Å²) in [7, 11) is 1.80. The summed E-state index contributed by atoms with van der Waals surface area (Å²) >= 11 is 0. The fraction of sp³-hybridized carbons (Fsp3) is 0.625. The highest BCUT2D eigenvalue weighted by Gasteiger charge is 2.31. The van der Waals surface area contributed by atoms with Crippen LogP contribution in [-0.4, -0.2) is 29.2 Å². The van der Waals surface area contributed by atoms with Crippen molar-refractivity contribution in [3.8, 4) is 0 Å². The van der Waals surface area contributed by atoms with E-state index in [9.17, 15) is 4.79 Å². The zero-order valence-electron chi connectivity index (χ0n) is 8.85. The number of fused-ring (bicyclic) bond motifs is 1. The molecule has 2 aliphatic rings. The highest BCUT2D eigenvalue weighted by atomic mass is 16.2. The van der Waals surface area contributed by atoms with Gasteiger partial charge in [-0.3, -0.25) is 9.80 Å². The molecule has 0 fully saturated rings. The predicted octanol–water partition coefficient (Wildman–Crippen LogP) is 0.859. The third kappa shape index (κ3) is 1.68. The summed E-state index contributed by atoms with van der Waals surface area (Å²) in [6, 6.07) is 0. The second-order valence-corrected chi connectivity index (χ2v) is 2.80. The molecule has 1 N–H and O–H groups in total. The Morgan fingerprint density at radius 3 is 2.71 bits per heavy atom. The zero-order chi connectivity index (χ0) is 10.7. The minimum atomic E-state index is -0.125. The summed E-state index contributed by atoms with van der Waals surface area (Å²) in [4.78, 5) is 11.1. The first-order valence-electron chi connectivity index (χ1n) is 4.61. The highest BCUT2D eigenvalue weighted by Crippen LogP contribution is 2.18. The molecule has 0 saturated carbocycles. The van der Waals surface area contributed by atoms with Crippen molar-refractivity contribution in [3.63, 3.8) is 0 Å². The molecule has 6 heteroatoms. The predicted molar refractivity (Wildman–Crippen MR) is 51.5 cm³/mol. The van der Waals surface area contributed by atoms with Gasteiger partial charge in [0.25, 0.3) is 5.91 Å². The van der Waals surface area contributed by atoms with Crippen LogP contribution in [0.4, 0.5) is 0 Å². The van der Waals surface area contributed by atoms with Crippen molar-refractivity contribution in [3.05, 3.63) is 11.6 Å². The number of likely N-dealkylation sites (N-methyl/N-ethyl adjacent to an activating group) is 1. The van der Waals surface area contributed by atoms with E-state index < -0.39 is 0 Å². The Morgan fingerprint density at radius 2 is 2.07 bits per heavy atom. The Balaban J connectivity index is 0.000000461. The minimum absolute atomic E-state index is 0.0669. The molecule has 0 saturated heterocycles. The monoisotopic (exact) mass is 197 g/mol. The smallest absolute Gasteiger partial charge is 0.266 e. The molecule has 0 spiro atoms. The maximum Gasteiger partial charge on any atom is 0.266 e. The number of carbonyl (C=O) groups excluding carboxylic acids is 1. The largest absolute Gasteiger partial charge is 0.268 e. The first-order chi connectivity index (χ1) is 6.68. The molecule has 0 bridgehead atoms. The Bertz CT molecular complexity index is 285. The molecule has 1 atom stereocenters. The summed E-state index contributed by atoms with van der Waals surface area (Å²) in [5.74, 6) is -0.125. The third-order valence-electron chi connectivity index (χ3n) is 1.88. The lowest BCUT2D eigenvalue weighted by Crippen LogP contribution is -2.50. The molecule has 6 nitrogen and oxygen atoms in total. The van der Waals surface area contributed by atoms with E-state index in [1.807, 2.05) is 19.9 Å². The summed E-state index contributed by atoms with van der Waals surface area (Å²) in [5.41, 5.74) is 3.27. The molecule has 0 aromatic carbocycles. The number of hydrogen-bond donors (Lipinski definition) is 1. The molecular formula is C8H15N5O. The summed E-state index contributed by atoms with van der Waals surface area (Å²) < 4.78 is 0. The molecule has 1 amide bonds. The number of amides is 1. The molecule has 2 aliphatic heterocycles. The quantitative estimate of drug-likeness (QED) is 0.626. The van der Waals surface area contributed by atoms with E-state index in [1.165, 1.54) is 5.12 Å². The van der Waals surface area contributed by atoms with Crippen LogP contribution in [0.1, 0.15) is 20.8 Å². The van der Waals surface area contributed by atoms with Crippen molar-refractivity contribution in [2.45, 2.75) is 26.9 Å².